The number of hydrogen-bond donors (Lipinski definition) is 0. The molecule has 2 aromatic carbocycles. The molecule has 8 nitrogen and oxygen atoms in total. The molecule has 0 aliphatic heterocycles. The fourth-order valence-electron chi connectivity index (χ4n) is 2.65. The molecule has 216 valence electrons. The van der Waals surface area contributed by atoms with Crippen LogP contribution in [0.2, 0.25) is 0 Å². The van der Waals surface area contributed by atoms with E-state index in [1.165, 1.54) is 24.3 Å². The van der Waals surface area contributed by atoms with Crippen molar-refractivity contribution in [3.63, 3.8) is 0 Å². The van der Waals surface area contributed by atoms with Crippen LogP contribution in [0.4, 0.5) is 8.78 Å². The summed E-state index contributed by atoms with van der Waals surface area (Å²) >= 11 is 3.19. The molecule has 0 aliphatic rings. The first-order chi connectivity index (χ1) is 18.7. The highest BCUT2D eigenvalue weighted by atomic mass is 79.9. The van der Waals surface area contributed by atoms with Crippen LogP contribution >= 0.6 is 32.1 Å². The predicted molar refractivity (Wildman–Crippen MR) is 151 cm³/mol. The fraction of sp³-hybridized carbons (Fsp3) is 0.462. The van der Waals surface area contributed by atoms with Crippen molar-refractivity contribution >= 4 is 32.1 Å². The number of hydrogen-bond acceptors (Lipinski definition) is 8. The Labute approximate surface area is 239 Å². The minimum Gasteiger partial charge on any atom is -0.313 e. The molecule has 0 heterocycles. The van der Waals surface area contributed by atoms with Crippen molar-refractivity contribution in [2.45, 2.75) is 46.1 Å². The first kappa shape index (κ1) is 37.2. The van der Waals surface area contributed by atoms with Crippen LogP contribution in [0.3, 0.4) is 0 Å². The summed E-state index contributed by atoms with van der Waals surface area (Å²) in [7, 11) is -4.30. The molecule has 2 aromatic rings. The molecule has 0 aliphatic carbocycles. The zero-order chi connectivity index (χ0) is 29.7. The van der Waals surface area contributed by atoms with Gasteiger partial charge >= 0.3 is 16.2 Å². The lowest BCUT2D eigenvalue weighted by atomic mass is 10.1. The Morgan fingerprint density at radius 1 is 0.769 bits per heavy atom. The van der Waals surface area contributed by atoms with Gasteiger partial charge in [-0.1, -0.05) is 28.1 Å². The summed E-state index contributed by atoms with van der Waals surface area (Å²) in [5.74, 6) is -1.08. The number of halogens is 3. The Hall–Kier alpha value is -1.78. The largest absolute Gasteiger partial charge is 0.335 e. The number of rotatable bonds is 13. The smallest absolute Gasteiger partial charge is 0.313 e. The van der Waals surface area contributed by atoms with E-state index in [0.717, 1.165) is 5.56 Å². The molecule has 0 saturated heterocycles. The molecule has 13 heteroatoms. The van der Waals surface area contributed by atoms with Crippen molar-refractivity contribution in [2.24, 2.45) is 0 Å². The summed E-state index contributed by atoms with van der Waals surface area (Å²) in [4.78, 5) is 0. The summed E-state index contributed by atoms with van der Waals surface area (Å²) in [6.07, 6.45) is -0.00267. The summed E-state index contributed by atoms with van der Waals surface area (Å²) in [6, 6.07) is 12.1. The van der Waals surface area contributed by atoms with E-state index in [4.69, 9.17) is 33.1 Å². The third kappa shape index (κ3) is 15.6. The van der Waals surface area contributed by atoms with E-state index in [1.54, 1.807) is 38.1 Å². The average molecular weight is 651 g/mol. The van der Waals surface area contributed by atoms with Gasteiger partial charge in [0.05, 0.1) is 50.3 Å². The quantitative estimate of drug-likeness (QED) is 0.157. The van der Waals surface area contributed by atoms with Crippen LogP contribution in [-0.2, 0) is 38.7 Å². The van der Waals surface area contributed by atoms with Gasteiger partial charge in [0, 0.05) is 5.33 Å². The van der Waals surface area contributed by atoms with Gasteiger partial charge in [-0.3, -0.25) is 4.57 Å². The van der Waals surface area contributed by atoms with E-state index in [-0.39, 0.29) is 30.5 Å². The van der Waals surface area contributed by atoms with Crippen LogP contribution in [0.25, 0.3) is 0 Å². The van der Waals surface area contributed by atoms with Crippen LogP contribution in [0, 0.1) is 34.3 Å². The maximum absolute atomic E-state index is 13.4. The molecule has 0 aromatic heterocycles. The molecular formula is C26H35BrF2N2O6P2. The standard InChI is InChI=1S/C12H15FNO3P.C8H5BrFN.C6H15O3P/c1-3-16-18(15,17-4-2)9-10-5-6-11(8-14)12(13)7-10;9-4-6-1-2-7(5-11)8(10)3-6;1-4-7-10(8-5-2)9-6-3/h5-7H,3-4,9H2,1-2H3;1-3H,4H2;4-6H2,1-3H3. The molecule has 0 unspecified atom stereocenters. The van der Waals surface area contributed by atoms with Gasteiger partial charge < -0.3 is 22.6 Å². The molecular weight excluding hydrogens is 616 g/mol. The van der Waals surface area contributed by atoms with Crippen LogP contribution < -0.4 is 0 Å². The van der Waals surface area contributed by atoms with Crippen molar-refractivity contribution in [1.29, 1.82) is 10.5 Å². The van der Waals surface area contributed by atoms with Gasteiger partial charge in [0.15, 0.2) is 0 Å². The summed E-state index contributed by atoms with van der Waals surface area (Å²) in [5.41, 5.74) is 1.37. The first-order valence-electron chi connectivity index (χ1n) is 12.2. The lowest BCUT2D eigenvalue weighted by Crippen LogP contribution is -1.99. The van der Waals surface area contributed by atoms with E-state index in [1.807, 2.05) is 20.8 Å². The number of nitriles is 2. The average Bonchev–Trinajstić information content (AvgIpc) is 2.90. The van der Waals surface area contributed by atoms with Crippen LogP contribution in [0.15, 0.2) is 36.4 Å². The van der Waals surface area contributed by atoms with E-state index < -0.39 is 27.8 Å². The topological polar surface area (TPSA) is 111 Å². The summed E-state index contributed by atoms with van der Waals surface area (Å²) in [5, 5.41) is 17.6. The van der Waals surface area contributed by atoms with E-state index in [2.05, 4.69) is 15.9 Å². The van der Waals surface area contributed by atoms with Gasteiger partial charge in [0.25, 0.3) is 0 Å². The van der Waals surface area contributed by atoms with Gasteiger partial charge in [-0.15, -0.1) is 0 Å². The first-order valence-corrected chi connectivity index (χ1v) is 16.1. The molecule has 0 amide bonds. The lowest BCUT2D eigenvalue weighted by Gasteiger charge is -2.16. The second-order valence-corrected chi connectivity index (χ2v) is 10.9. The lowest BCUT2D eigenvalue weighted by molar-refractivity contribution is 0.176. The van der Waals surface area contributed by atoms with Gasteiger partial charge in [-0.25, -0.2) is 8.78 Å². The molecule has 39 heavy (non-hydrogen) atoms. The molecule has 0 bridgehead atoms. The fourth-order valence-corrected chi connectivity index (χ4v) is 5.55. The highest BCUT2D eigenvalue weighted by Gasteiger charge is 2.24. The minimum absolute atomic E-state index is 0.00267. The highest BCUT2D eigenvalue weighted by Crippen LogP contribution is 2.51. The second kappa shape index (κ2) is 22.0. The number of alkyl halides is 1. The van der Waals surface area contributed by atoms with Crippen molar-refractivity contribution in [3.05, 3.63) is 70.3 Å². The molecule has 0 N–H and O–H groups in total. The summed E-state index contributed by atoms with van der Waals surface area (Å²) < 4.78 is 64.1. The van der Waals surface area contributed by atoms with Gasteiger partial charge in [-0.2, -0.15) is 10.5 Å². The zero-order valence-corrected chi connectivity index (χ0v) is 26.2. The van der Waals surface area contributed by atoms with Crippen molar-refractivity contribution in [2.75, 3.05) is 33.0 Å². The molecule has 0 atom stereocenters. The van der Waals surface area contributed by atoms with Gasteiger partial charge in [-0.05, 0) is 70.0 Å². The second-order valence-electron chi connectivity index (χ2n) is 7.07. The van der Waals surface area contributed by atoms with Gasteiger partial charge in [0.1, 0.15) is 23.8 Å². The maximum Gasteiger partial charge on any atom is 0.335 e. The predicted octanol–water partition coefficient (Wildman–Crippen LogP) is 8.38. The number of benzene rings is 2. The van der Waals surface area contributed by atoms with Crippen LogP contribution in [-0.4, -0.2) is 33.0 Å². The zero-order valence-electron chi connectivity index (χ0n) is 22.8. The monoisotopic (exact) mass is 650 g/mol. The Morgan fingerprint density at radius 2 is 1.18 bits per heavy atom. The van der Waals surface area contributed by atoms with Gasteiger partial charge in [0.2, 0.25) is 0 Å². The van der Waals surface area contributed by atoms with Crippen LogP contribution in [0.1, 0.15) is 56.9 Å². The number of nitrogens with zero attached hydrogens (tertiary/aromatic N) is 2. The Morgan fingerprint density at radius 3 is 1.51 bits per heavy atom. The van der Waals surface area contributed by atoms with Crippen molar-refractivity contribution in [3.8, 4) is 12.1 Å². The molecule has 0 fully saturated rings. The molecule has 0 spiro atoms. The van der Waals surface area contributed by atoms with Crippen molar-refractivity contribution in [1.82, 2.24) is 0 Å². The van der Waals surface area contributed by atoms with E-state index >= 15 is 0 Å². The third-order valence-electron chi connectivity index (χ3n) is 4.19. The Kier molecular flexibility index (Phi) is 21.0. The Bertz CT molecular complexity index is 1090. The molecule has 2 rings (SSSR count). The van der Waals surface area contributed by atoms with Crippen LogP contribution in [0.5, 0.6) is 0 Å². The minimum atomic E-state index is -3.23. The van der Waals surface area contributed by atoms with E-state index in [0.29, 0.717) is 30.7 Å². The normalized spacial score (nSPS) is 10.5. The van der Waals surface area contributed by atoms with Crippen molar-refractivity contribution < 1.29 is 36.0 Å². The summed E-state index contributed by atoms with van der Waals surface area (Å²) in [6.45, 7) is 11.7. The Balaban J connectivity index is 0.000000593. The highest BCUT2D eigenvalue weighted by molar-refractivity contribution is 9.08. The molecule has 0 saturated carbocycles. The third-order valence-corrected chi connectivity index (χ3v) is 8.30. The SMILES string of the molecule is CCOP(=O)(Cc1ccc(C#N)c(F)c1)OCC.CCOP(OCC)OCC.N#Cc1ccc(CBr)cc1F. The van der Waals surface area contributed by atoms with E-state index in [9.17, 15) is 13.3 Å². The molecule has 0 radical (unpaired) electrons. The maximum atomic E-state index is 13.4.